The number of benzene rings is 13. The predicted octanol–water partition coefficient (Wildman–Crippen LogP) is 19.7. The van der Waals surface area contributed by atoms with Gasteiger partial charge in [-0.15, -0.1) is 0 Å². The first-order chi connectivity index (χ1) is 35.7. The van der Waals surface area contributed by atoms with Crippen LogP contribution in [-0.4, -0.2) is 0 Å². The number of nitrogens with one attached hydrogen (secondary N) is 1. The Morgan fingerprint density at radius 2 is 0.764 bits per heavy atom. The summed E-state index contributed by atoms with van der Waals surface area (Å²) in [5, 5.41) is 20.7. The Morgan fingerprint density at radius 3 is 1.39 bits per heavy atom. The van der Waals surface area contributed by atoms with Crippen molar-refractivity contribution in [3.8, 4) is 0 Å². The molecule has 0 fully saturated rings. The molecule has 338 valence electrons. The lowest BCUT2D eigenvalue weighted by Gasteiger charge is -2.29. The normalized spacial score (nSPS) is 13.5. The highest BCUT2D eigenvalue weighted by atomic mass is 32.2. The minimum atomic E-state index is 0.153. The van der Waals surface area contributed by atoms with E-state index < -0.39 is 0 Å². The van der Waals surface area contributed by atoms with Gasteiger partial charge in [-0.25, -0.2) is 0 Å². The maximum Gasteiger partial charge on any atom is 0.135 e. The second-order valence-electron chi connectivity index (χ2n) is 18.9. The van der Waals surface area contributed by atoms with Crippen molar-refractivity contribution in [1.82, 2.24) is 0 Å². The molecule has 2 heterocycles. The van der Waals surface area contributed by atoms with Crippen LogP contribution in [-0.2, 0) is 0 Å². The van der Waals surface area contributed by atoms with Gasteiger partial charge in [0.05, 0.1) is 11.4 Å². The van der Waals surface area contributed by atoms with Crippen molar-refractivity contribution in [2.24, 2.45) is 0 Å². The molecule has 0 spiro atoms. The van der Waals surface area contributed by atoms with E-state index in [1.807, 2.05) is 23.9 Å². The largest absolute Gasteiger partial charge is 0.456 e. The summed E-state index contributed by atoms with van der Waals surface area (Å²) < 4.78 is 6.35. The van der Waals surface area contributed by atoms with Gasteiger partial charge in [0.2, 0.25) is 0 Å². The van der Waals surface area contributed by atoms with Crippen LogP contribution in [0.5, 0.6) is 0 Å². The number of rotatable bonds is 7. The van der Waals surface area contributed by atoms with E-state index in [4.69, 9.17) is 4.42 Å². The number of hydrogen-bond acceptors (Lipinski definition) is 5. The van der Waals surface area contributed by atoms with Gasteiger partial charge >= 0.3 is 0 Å². The SMILES string of the molecule is c1ccc(C2Nc3ccc(N(c4ccc5c(ccc6cc(N(c7ccc8oc9ccccc9c8c7)c7cc8ccccc8c8ccccc78)ccc65)c4)c4cc5ccccc5c5ccccc45)cc3S2)cc1. The minimum absolute atomic E-state index is 0.153. The maximum absolute atomic E-state index is 6.35. The Kier molecular flexibility index (Phi) is 9.23. The highest BCUT2D eigenvalue weighted by Gasteiger charge is 2.26. The van der Waals surface area contributed by atoms with E-state index in [0.29, 0.717) is 0 Å². The lowest BCUT2D eigenvalue weighted by atomic mass is 9.97. The Labute approximate surface area is 420 Å². The van der Waals surface area contributed by atoms with Crippen molar-refractivity contribution in [3.05, 3.63) is 254 Å². The van der Waals surface area contributed by atoms with Crippen LogP contribution in [0.3, 0.4) is 0 Å². The molecule has 0 bridgehead atoms. The molecule has 13 aromatic carbocycles. The first-order valence-corrected chi connectivity index (χ1v) is 25.5. The van der Waals surface area contributed by atoms with E-state index in [-0.39, 0.29) is 5.37 Å². The highest BCUT2D eigenvalue weighted by Crippen LogP contribution is 2.51. The third-order valence-corrected chi connectivity index (χ3v) is 16.0. The van der Waals surface area contributed by atoms with Crippen molar-refractivity contribution in [2.75, 3.05) is 15.1 Å². The summed E-state index contributed by atoms with van der Waals surface area (Å²) in [7, 11) is 0. The molecule has 1 aliphatic rings. The van der Waals surface area contributed by atoms with Crippen LogP contribution in [0.1, 0.15) is 10.9 Å². The molecule has 1 unspecified atom stereocenters. The Morgan fingerprint density at radius 1 is 0.319 bits per heavy atom. The number of para-hydroxylation sites is 1. The molecule has 5 heteroatoms. The standard InChI is InChI=1S/C67H43N3OS/c1-2-14-42(15-3-1)67-68-61-34-30-50(41-66(61)72-67)70(63-39-44-17-5-7-19-52(44)56-21-9-11-23-58(56)63)48-29-33-54-46(37-48)27-26-45-36-47(28-32-53(45)54)69(49-31-35-65-60(40-49)59-24-12-13-25-64(59)71-65)62-38-43-16-4-6-18-51(43)55-20-8-10-22-57(55)62/h1-41,67-68H. The van der Waals surface area contributed by atoms with Crippen molar-refractivity contribution in [3.63, 3.8) is 0 Å². The lowest BCUT2D eigenvalue weighted by Crippen LogP contribution is -2.11. The molecule has 0 radical (unpaired) electrons. The summed E-state index contributed by atoms with van der Waals surface area (Å²) in [6.07, 6.45) is 0. The molecule has 4 nitrogen and oxygen atoms in total. The smallest absolute Gasteiger partial charge is 0.135 e. The van der Waals surface area contributed by atoms with Gasteiger partial charge in [-0.3, -0.25) is 0 Å². The topological polar surface area (TPSA) is 31.6 Å². The van der Waals surface area contributed by atoms with Gasteiger partial charge in [-0.1, -0.05) is 182 Å². The Hall–Kier alpha value is -9.03. The highest BCUT2D eigenvalue weighted by molar-refractivity contribution is 8.00. The summed E-state index contributed by atoms with van der Waals surface area (Å²) in [5.74, 6) is 0. The fourth-order valence-corrected chi connectivity index (χ4v) is 12.6. The van der Waals surface area contributed by atoms with E-state index >= 15 is 0 Å². The number of nitrogens with zero attached hydrogens (tertiary/aromatic N) is 2. The van der Waals surface area contributed by atoms with Crippen LogP contribution >= 0.6 is 11.8 Å². The van der Waals surface area contributed by atoms with Gasteiger partial charge in [0.1, 0.15) is 16.5 Å². The fourth-order valence-electron chi connectivity index (χ4n) is 11.4. The zero-order chi connectivity index (χ0) is 47.3. The molecule has 1 aromatic heterocycles. The second kappa shape index (κ2) is 16.3. The second-order valence-corrected chi connectivity index (χ2v) is 20.0. The first-order valence-electron chi connectivity index (χ1n) is 24.6. The molecule has 1 aliphatic heterocycles. The molecule has 14 aromatic rings. The molecule has 0 saturated heterocycles. The zero-order valence-corrected chi connectivity index (χ0v) is 39.8. The summed E-state index contributed by atoms with van der Waals surface area (Å²) in [5.41, 5.74) is 10.8. The average Bonchev–Trinajstić information content (AvgIpc) is 4.05. The summed E-state index contributed by atoms with van der Waals surface area (Å²) in [6, 6.07) is 91.0. The first kappa shape index (κ1) is 40.8. The van der Waals surface area contributed by atoms with Crippen LogP contribution < -0.4 is 15.1 Å². The van der Waals surface area contributed by atoms with E-state index in [1.165, 1.54) is 75.1 Å². The molecule has 15 rings (SSSR count). The molecule has 0 amide bonds. The number of fused-ring (bicyclic) bond motifs is 13. The van der Waals surface area contributed by atoms with Gasteiger partial charge < -0.3 is 19.5 Å². The third-order valence-electron chi connectivity index (χ3n) is 14.8. The van der Waals surface area contributed by atoms with Crippen LogP contribution in [0.4, 0.5) is 39.8 Å². The van der Waals surface area contributed by atoms with Crippen LogP contribution in [0.2, 0.25) is 0 Å². The number of thioether (sulfide) groups is 1. The summed E-state index contributed by atoms with van der Waals surface area (Å²) >= 11 is 1.88. The van der Waals surface area contributed by atoms with Gasteiger partial charge in [0.25, 0.3) is 0 Å². The number of hydrogen-bond donors (Lipinski definition) is 1. The minimum Gasteiger partial charge on any atom is -0.456 e. The fraction of sp³-hybridized carbons (Fsp3) is 0.0149. The third kappa shape index (κ3) is 6.55. The monoisotopic (exact) mass is 937 g/mol. The Balaban J connectivity index is 0.891. The number of anilines is 7. The molecular formula is C67H43N3OS. The van der Waals surface area contributed by atoms with Gasteiger partial charge in [0, 0.05) is 54.9 Å². The molecule has 72 heavy (non-hydrogen) atoms. The van der Waals surface area contributed by atoms with Gasteiger partial charge in [-0.05, 0) is 138 Å². The van der Waals surface area contributed by atoms with Crippen molar-refractivity contribution in [1.29, 1.82) is 0 Å². The summed E-state index contributed by atoms with van der Waals surface area (Å²) in [6.45, 7) is 0. The van der Waals surface area contributed by atoms with Crippen molar-refractivity contribution >= 4 is 138 Å². The predicted molar refractivity (Wildman–Crippen MR) is 307 cm³/mol. The van der Waals surface area contributed by atoms with E-state index in [1.54, 1.807) is 0 Å². The van der Waals surface area contributed by atoms with E-state index in [0.717, 1.165) is 61.8 Å². The van der Waals surface area contributed by atoms with Crippen molar-refractivity contribution < 1.29 is 4.42 Å². The molecule has 0 saturated carbocycles. The zero-order valence-electron chi connectivity index (χ0n) is 39.0. The number of furan rings is 1. The molecular weight excluding hydrogens is 895 g/mol. The Bertz CT molecular complexity index is 4500. The van der Waals surface area contributed by atoms with E-state index in [2.05, 4.69) is 252 Å². The molecule has 1 atom stereocenters. The summed E-state index contributed by atoms with van der Waals surface area (Å²) in [4.78, 5) is 6.13. The van der Waals surface area contributed by atoms with Crippen molar-refractivity contribution in [2.45, 2.75) is 10.3 Å². The average molecular weight is 938 g/mol. The van der Waals surface area contributed by atoms with Crippen LogP contribution in [0, 0.1) is 0 Å². The quantitative estimate of drug-likeness (QED) is 0.161. The maximum atomic E-state index is 6.35. The van der Waals surface area contributed by atoms with Gasteiger partial charge in [-0.2, -0.15) is 0 Å². The van der Waals surface area contributed by atoms with Crippen LogP contribution in [0.15, 0.2) is 258 Å². The van der Waals surface area contributed by atoms with E-state index in [9.17, 15) is 0 Å². The molecule has 1 N–H and O–H groups in total. The van der Waals surface area contributed by atoms with Gasteiger partial charge in [0.15, 0.2) is 0 Å². The molecule has 0 aliphatic carbocycles. The van der Waals surface area contributed by atoms with Crippen LogP contribution in [0.25, 0.3) is 86.6 Å². The lowest BCUT2D eigenvalue weighted by molar-refractivity contribution is 0.669.